The molecular weight excluding hydrogens is 214 g/mol. The molecule has 0 radical (unpaired) electrons. The van der Waals surface area contributed by atoms with Gasteiger partial charge in [0.25, 0.3) is 0 Å². The first-order valence-electron chi connectivity index (χ1n) is 5.16. The average molecular weight is 235 g/mol. The van der Waals surface area contributed by atoms with Crippen LogP contribution in [0.3, 0.4) is 0 Å². The summed E-state index contributed by atoms with van der Waals surface area (Å²) in [7, 11) is 1.75. The van der Waals surface area contributed by atoms with E-state index in [2.05, 4.69) is 10.6 Å². The van der Waals surface area contributed by atoms with Gasteiger partial charge in [-0.05, 0) is 7.05 Å². The normalized spacial score (nSPS) is 10.8. The summed E-state index contributed by atoms with van der Waals surface area (Å²) >= 11 is 0. The number of likely N-dealkylation sites (N-methyl/N-ethyl adjacent to an activating group) is 1. The van der Waals surface area contributed by atoms with Gasteiger partial charge in [0, 0.05) is 13.1 Å². The second-order valence-corrected chi connectivity index (χ2v) is 3.29. The first-order chi connectivity index (χ1) is 7.70. The Morgan fingerprint density at radius 3 is 2.62 bits per heavy atom. The number of nitrogens with zero attached hydrogens (tertiary/aromatic N) is 1. The maximum absolute atomic E-state index is 11.2. The number of rotatable bonds is 10. The number of amides is 1. The maximum Gasteiger partial charge on any atom is 0.234 e. The summed E-state index contributed by atoms with van der Waals surface area (Å²) in [5, 5.41) is 22.4. The summed E-state index contributed by atoms with van der Waals surface area (Å²) in [5.74, 6) is -0.150. The smallest absolute Gasteiger partial charge is 0.234 e. The van der Waals surface area contributed by atoms with E-state index in [1.807, 2.05) is 0 Å². The van der Waals surface area contributed by atoms with Gasteiger partial charge in [-0.15, -0.1) is 0 Å². The topological polar surface area (TPSA) is 94.1 Å². The minimum absolute atomic E-state index is 0.0585. The van der Waals surface area contributed by atoms with Crippen LogP contribution in [0.5, 0.6) is 0 Å². The predicted molar refractivity (Wildman–Crippen MR) is 58.6 cm³/mol. The molecule has 0 bridgehead atoms. The summed E-state index contributed by atoms with van der Waals surface area (Å²) in [6.45, 7) is 1.65. The highest BCUT2D eigenvalue weighted by molar-refractivity contribution is 5.77. The molecule has 0 saturated heterocycles. The van der Waals surface area contributed by atoms with Gasteiger partial charge in [0.2, 0.25) is 5.91 Å². The quantitative estimate of drug-likeness (QED) is 0.248. The lowest BCUT2D eigenvalue weighted by Gasteiger charge is -2.16. The van der Waals surface area contributed by atoms with Gasteiger partial charge in [-0.25, -0.2) is 0 Å². The van der Waals surface area contributed by atoms with Gasteiger partial charge in [-0.3, -0.25) is 15.0 Å². The lowest BCUT2D eigenvalue weighted by atomic mass is 10.5. The SMILES string of the molecule is CN(COCNCCO)CC(=O)NCCO. The predicted octanol–water partition coefficient (Wildman–Crippen LogP) is -2.46. The van der Waals surface area contributed by atoms with Gasteiger partial charge in [0.15, 0.2) is 0 Å². The van der Waals surface area contributed by atoms with Gasteiger partial charge in [0.05, 0.1) is 26.5 Å². The third kappa shape index (κ3) is 9.81. The van der Waals surface area contributed by atoms with Crippen molar-refractivity contribution in [2.75, 3.05) is 53.4 Å². The van der Waals surface area contributed by atoms with E-state index in [1.54, 1.807) is 11.9 Å². The molecule has 7 heteroatoms. The summed E-state index contributed by atoms with van der Waals surface area (Å²) in [4.78, 5) is 12.9. The van der Waals surface area contributed by atoms with Crippen LogP contribution in [0.15, 0.2) is 0 Å². The van der Waals surface area contributed by atoms with Crippen molar-refractivity contribution in [1.82, 2.24) is 15.5 Å². The molecule has 0 aromatic heterocycles. The third-order valence-electron chi connectivity index (χ3n) is 1.65. The fourth-order valence-electron chi connectivity index (χ4n) is 0.967. The fraction of sp³-hybridized carbons (Fsp3) is 0.889. The zero-order valence-electron chi connectivity index (χ0n) is 9.61. The van der Waals surface area contributed by atoms with Gasteiger partial charge in [0.1, 0.15) is 6.73 Å². The van der Waals surface area contributed by atoms with E-state index in [9.17, 15) is 4.79 Å². The lowest BCUT2D eigenvalue weighted by Crippen LogP contribution is -2.38. The summed E-state index contributed by atoms with van der Waals surface area (Å²) in [5.41, 5.74) is 0. The Labute approximate surface area is 95.4 Å². The molecule has 0 aromatic carbocycles. The van der Waals surface area contributed by atoms with Gasteiger partial charge < -0.3 is 20.3 Å². The highest BCUT2D eigenvalue weighted by atomic mass is 16.5. The van der Waals surface area contributed by atoms with Gasteiger partial charge >= 0.3 is 0 Å². The van der Waals surface area contributed by atoms with Crippen molar-refractivity contribution < 1.29 is 19.7 Å². The average Bonchev–Trinajstić information content (AvgIpc) is 2.26. The Balaban J connectivity index is 3.35. The van der Waals surface area contributed by atoms with Crippen LogP contribution < -0.4 is 10.6 Å². The second kappa shape index (κ2) is 10.8. The highest BCUT2D eigenvalue weighted by Crippen LogP contribution is 1.83. The summed E-state index contributed by atoms with van der Waals surface area (Å²) < 4.78 is 5.18. The van der Waals surface area contributed by atoms with E-state index in [-0.39, 0.29) is 32.2 Å². The van der Waals surface area contributed by atoms with Crippen LogP contribution in [0.2, 0.25) is 0 Å². The number of hydrogen-bond acceptors (Lipinski definition) is 6. The molecule has 4 N–H and O–H groups in total. The van der Waals surface area contributed by atoms with Crippen molar-refractivity contribution in [3.8, 4) is 0 Å². The van der Waals surface area contributed by atoms with E-state index in [0.29, 0.717) is 20.0 Å². The number of aliphatic hydroxyl groups is 2. The Morgan fingerprint density at radius 1 is 1.31 bits per heavy atom. The van der Waals surface area contributed by atoms with Crippen LogP contribution >= 0.6 is 0 Å². The molecule has 0 spiro atoms. The Morgan fingerprint density at radius 2 is 2.00 bits per heavy atom. The second-order valence-electron chi connectivity index (χ2n) is 3.29. The molecule has 0 aliphatic carbocycles. The maximum atomic E-state index is 11.2. The number of carbonyl (C=O) groups excluding carboxylic acids is 1. The molecule has 96 valence electrons. The molecule has 1 amide bonds. The molecule has 0 saturated carbocycles. The Hall–Kier alpha value is -0.730. The molecule has 0 aromatic rings. The minimum atomic E-state index is -0.150. The van der Waals surface area contributed by atoms with Gasteiger partial charge in [-0.2, -0.15) is 0 Å². The van der Waals surface area contributed by atoms with Crippen LogP contribution in [0.4, 0.5) is 0 Å². The largest absolute Gasteiger partial charge is 0.395 e. The molecule has 7 nitrogen and oxygen atoms in total. The van der Waals surface area contributed by atoms with Crippen molar-refractivity contribution in [2.24, 2.45) is 0 Å². The molecule has 0 fully saturated rings. The Kier molecular flexibility index (Phi) is 10.3. The number of aliphatic hydroxyl groups excluding tert-OH is 2. The van der Waals surface area contributed by atoms with Gasteiger partial charge in [-0.1, -0.05) is 0 Å². The fourth-order valence-corrected chi connectivity index (χ4v) is 0.967. The summed E-state index contributed by atoms with van der Waals surface area (Å²) in [6.07, 6.45) is 0. The van der Waals surface area contributed by atoms with Crippen molar-refractivity contribution >= 4 is 5.91 Å². The van der Waals surface area contributed by atoms with Crippen LogP contribution in [0.25, 0.3) is 0 Å². The molecular formula is C9H21N3O4. The molecule has 0 unspecified atom stereocenters. The number of ether oxygens (including phenoxy) is 1. The van der Waals surface area contributed by atoms with E-state index in [0.717, 1.165) is 0 Å². The third-order valence-corrected chi connectivity index (χ3v) is 1.65. The van der Waals surface area contributed by atoms with Crippen LogP contribution in [-0.4, -0.2) is 74.4 Å². The van der Waals surface area contributed by atoms with Crippen molar-refractivity contribution in [1.29, 1.82) is 0 Å². The molecule has 16 heavy (non-hydrogen) atoms. The highest BCUT2D eigenvalue weighted by Gasteiger charge is 2.04. The van der Waals surface area contributed by atoms with Crippen molar-refractivity contribution in [3.63, 3.8) is 0 Å². The molecule has 0 heterocycles. The zero-order chi connectivity index (χ0) is 12.2. The van der Waals surface area contributed by atoms with Crippen LogP contribution in [-0.2, 0) is 9.53 Å². The first-order valence-corrected chi connectivity index (χ1v) is 5.16. The van der Waals surface area contributed by atoms with E-state index in [1.165, 1.54) is 0 Å². The number of nitrogens with one attached hydrogen (secondary N) is 2. The number of carbonyl (C=O) groups is 1. The summed E-state index contributed by atoms with van der Waals surface area (Å²) in [6, 6.07) is 0. The molecule has 0 aliphatic heterocycles. The van der Waals surface area contributed by atoms with Crippen LogP contribution in [0, 0.1) is 0 Å². The van der Waals surface area contributed by atoms with Crippen LogP contribution in [0.1, 0.15) is 0 Å². The molecule has 0 rings (SSSR count). The van der Waals surface area contributed by atoms with E-state index >= 15 is 0 Å². The van der Waals surface area contributed by atoms with E-state index < -0.39 is 0 Å². The molecule has 0 atom stereocenters. The lowest BCUT2D eigenvalue weighted by molar-refractivity contribution is -0.123. The standard InChI is InChI=1S/C9H21N3O4/c1-12(6-9(15)11-3-5-14)8-16-7-10-2-4-13/h10,13-14H,2-8H2,1H3,(H,11,15). The minimum Gasteiger partial charge on any atom is -0.395 e. The van der Waals surface area contributed by atoms with E-state index in [4.69, 9.17) is 14.9 Å². The number of hydrogen-bond donors (Lipinski definition) is 4. The van der Waals surface area contributed by atoms with Crippen molar-refractivity contribution in [2.45, 2.75) is 0 Å². The Bertz CT molecular complexity index is 180. The first kappa shape index (κ1) is 15.3. The monoisotopic (exact) mass is 235 g/mol. The molecule has 0 aliphatic rings. The zero-order valence-corrected chi connectivity index (χ0v) is 9.61. The van der Waals surface area contributed by atoms with Crippen molar-refractivity contribution in [3.05, 3.63) is 0 Å².